The number of aryl methyl sites for hydroxylation is 1. The number of likely N-dealkylation sites (tertiary alicyclic amines) is 1. The molecule has 1 aliphatic heterocycles. The minimum atomic E-state index is -0.692. The zero-order valence-electron chi connectivity index (χ0n) is 19.6. The number of Topliss-reactive ketones (excluding diaryl/α,β-unsaturated/α-hetero) is 1. The summed E-state index contributed by atoms with van der Waals surface area (Å²) in [4.78, 5) is 29.5. The van der Waals surface area contributed by atoms with E-state index in [1.807, 2.05) is 25.9 Å². The van der Waals surface area contributed by atoms with E-state index in [2.05, 4.69) is 6.92 Å². The first-order valence-corrected chi connectivity index (χ1v) is 11.5. The van der Waals surface area contributed by atoms with E-state index < -0.39 is 17.7 Å². The lowest BCUT2D eigenvalue weighted by molar-refractivity contribution is -0.140. The van der Waals surface area contributed by atoms with Crippen molar-refractivity contribution in [2.45, 2.75) is 32.7 Å². The largest absolute Gasteiger partial charge is 0.507 e. The van der Waals surface area contributed by atoms with E-state index in [0.717, 1.165) is 29.7 Å². The number of halogens is 1. The van der Waals surface area contributed by atoms with Crippen LogP contribution >= 0.6 is 11.6 Å². The van der Waals surface area contributed by atoms with Crippen molar-refractivity contribution in [2.75, 3.05) is 33.8 Å². The van der Waals surface area contributed by atoms with Gasteiger partial charge in [-0.2, -0.15) is 0 Å². The van der Waals surface area contributed by atoms with Crippen molar-refractivity contribution in [3.8, 4) is 5.75 Å². The van der Waals surface area contributed by atoms with Crippen LogP contribution in [0.5, 0.6) is 5.75 Å². The number of amides is 1. The maximum absolute atomic E-state index is 13.1. The number of ether oxygens (including phenoxy) is 1. The maximum Gasteiger partial charge on any atom is 0.295 e. The number of aliphatic hydroxyl groups excluding tert-OH is 1. The van der Waals surface area contributed by atoms with Crippen molar-refractivity contribution in [3.05, 3.63) is 69.8 Å². The summed E-state index contributed by atoms with van der Waals surface area (Å²) in [5, 5.41) is 11.8. The van der Waals surface area contributed by atoms with Crippen molar-refractivity contribution in [3.63, 3.8) is 0 Å². The van der Waals surface area contributed by atoms with Crippen LogP contribution in [0.1, 0.15) is 42.5 Å². The first-order valence-electron chi connectivity index (χ1n) is 11.2. The molecule has 1 unspecified atom stereocenters. The van der Waals surface area contributed by atoms with Gasteiger partial charge in [0.1, 0.15) is 11.5 Å². The number of hydrogen-bond donors (Lipinski definition) is 1. The molecule has 0 aliphatic carbocycles. The Morgan fingerprint density at radius 2 is 1.85 bits per heavy atom. The number of ketones is 1. The van der Waals surface area contributed by atoms with Gasteiger partial charge in [0.2, 0.25) is 0 Å². The van der Waals surface area contributed by atoms with Crippen LogP contribution in [0.25, 0.3) is 5.76 Å². The summed E-state index contributed by atoms with van der Waals surface area (Å²) in [6.45, 7) is 5.55. The van der Waals surface area contributed by atoms with E-state index in [0.29, 0.717) is 30.3 Å². The van der Waals surface area contributed by atoms with Gasteiger partial charge < -0.3 is 19.6 Å². The standard InChI is InChI=1S/C26H31ClN2O4/c1-5-6-15-33-21-12-9-19(16-17(21)2)24(30)22-23(18-7-10-20(27)11-8-18)29(14-13-28(3)4)26(32)25(22)31/h7-12,16,23,30H,5-6,13-15H2,1-4H3/b24-22+. The molecular formula is C26H31ClN2O4. The van der Waals surface area contributed by atoms with Crippen molar-refractivity contribution in [1.29, 1.82) is 0 Å². The van der Waals surface area contributed by atoms with Gasteiger partial charge in [-0.25, -0.2) is 0 Å². The summed E-state index contributed by atoms with van der Waals surface area (Å²) in [7, 11) is 3.81. The second kappa shape index (κ2) is 10.9. The molecule has 3 rings (SSSR count). The van der Waals surface area contributed by atoms with E-state index >= 15 is 0 Å². The summed E-state index contributed by atoms with van der Waals surface area (Å²) in [6.07, 6.45) is 2.00. The third-order valence-electron chi connectivity index (χ3n) is 5.72. The van der Waals surface area contributed by atoms with Gasteiger partial charge in [0.15, 0.2) is 0 Å². The number of carbonyl (C=O) groups excluding carboxylic acids is 2. The van der Waals surface area contributed by atoms with E-state index in [1.54, 1.807) is 42.5 Å². The number of nitrogens with zero attached hydrogens (tertiary/aromatic N) is 2. The van der Waals surface area contributed by atoms with Gasteiger partial charge in [-0.15, -0.1) is 0 Å². The van der Waals surface area contributed by atoms with Crippen molar-refractivity contribution in [1.82, 2.24) is 9.80 Å². The molecule has 6 nitrogen and oxygen atoms in total. The molecular weight excluding hydrogens is 440 g/mol. The lowest BCUT2D eigenvalue weighted by atomic mass is 9.95. The van der Waals surface area contributed by atoms with Gasteiger partial charge in [-0.1, -0.05) is 37.1 Å². The first kappa shape index (κ1) is 24.8. The SMILES string of the molecule is CCCCOc1ccc(/C(O)=C2\C(=O)C(=O)N(CCN(C)C)C2c2ccc(Cl)cc2)cc1C. The molecule has 0 aromatic heterocycles. The number of rotatable bonds is 9. The van der Waals surface area contributed by atoms with Crippen LogP contribution < -0.4 is 4.74 Å². The number of hydrogen-bond acceptors (Lipinski definition) is 5. The molecule has 0 bridgehead atoms. The second-order valence-corrected chi connectivity index (χ2v) is 8.97. The van der Waals surface area contributed by atoms with Crippen molar-refractivity contribution in [2.24, 2.45) is 0 Å². The highest BCUT2D eigenvalue weighted by atomic mass is 35.5. The van der Waals surface area contributed by atoms with E-state index in [4.69, 9.17) is 16.3 Å². The molecule has 0 radical (unpaired) electrons. The minimum Gasteiger partial charge on any atom is -0.507 e. The van der Waals surface area contributed by atoms with Crippen LogP contribution in [0, 0.1) is 6.92 Å². The average Bonchev–Trinajstić information content (AvgIpc) is 3.03. The smallest absolute Gasteiger partial charge is 0.295 e. The molecule has 1 heterocycles. The van der Waals surface area contributed by atoms with Crippen LogP contribution in [0.3, 0.4) is 0 Å². The molecule has 1 saturated heterocycles. The third-order valence-corrected chi connectivity index (χ3v) is 5.97. The molecule has 1 fully saturated rings. The van der Waals surface area contributed by atoms with Gasteiger partial charge >= 0.3 is 0 Å². The van der Waals surface area contributed by atoms with Gasteiger partial charge in [0, 0.05) is 23.7 Å². The zero-order valence-corrected chi connectivity index (χ0v) is 20.4. The molecule has 2 aromatic carbocycles. The Labute approximate surface area is 200 Å². The molecule has 0 saturated carbocycles. The van der Waals surface area contributed by atoms with Crippen LogP contribution in [0.4, 0.5) is 0 Å². The first-order chi connectivity index (χ1) is 15.7. The highest BCUT2D eigenvalue weighted by molar-refractivity contribution is 6.46. The third kappa shape index (κ3) is 5.57. The van der Waals surface area contributed by atoms with E-state index in [9.17, 15) is 14.7 Å². The fraction of sp³-hybridized carbons (Fsp3) is 0.385. The summed E-state index contributed by atoms with van der Waals surface area (Å²) < 4.78 is 5.80. The van der Waals surface area contributed by atoms with Crippen molar-refractivity contribution < 1.29 is 19.4 Å². The van der Waals surface area contributed by atoms with Gasteiger partial charge in [0.25, 0.3) is 11.7 Å². The Bertz CT molecular complexity index is 1050. The highest BCUT2D eigenvalue weighted by Crippen LogP contribution is 2.40. The number of carbonyl (C=O) groups is 2. The maximum atomic E-state index is 13.1. The molecule has 7 heteroatoms. The lowest BCUT2D eigenvalue weighted by Crippen LogP contribution is -2.35. The van der Waals surface area contributed by atoms with E-state index in [1.165, 1.54) is 4.90 Å². The van der Waals surface area contributed by atoms with Crippen LogP contribution in [0.2, 0.25) is 5.02 Å². The summed E-state index contributed by atoms with van der Waals surface area (Å²) in [5.41, 5.74) is 2.12. The fourth-order valence-electron chi connectivity index (χ4n) is 3.85. The van der Waals surface area contributed by atoms with E-state index in [-0.39, 0.29) is 11.3 Å². The normalized spacial score (nSPS) is 17.8. The Balaban J connectivity index is 2.04. The predicted molar refractivity (Wildman–Crippen MR) is 131 cm³/mol. The molecule has 0 spiro atoms. The minimum absolute atomic E-state index is 0.0835. The molecule has 1 aliphatic rings. The molecule has 1 atom stereocenters. The van der Waals surface area contributed by atoms with Gasteiger partial charge in [-0.3, -0.25) is 9.59 Å². The molecule has 176 valence electrons. The predicted octanol–water partition coefficient (Wildman–Crippen LogP) is 4.81. The summed E-state index contributed by atoms with van der Waals surface area (Å²) in [6, 6.07) is 11.6. The van der Waals surface area contributed by atoms with Gasteiger partial charge in [0.05, 0.1) is 18.2 Å². The second-order valence-electron chi connectivity index (χ2n) is 8.53. The summed E-state index contributed by atoms with van der Waals surface area (Å²) >= 11 is 6.06. The van der Waals surface area contributed by atoms with Crippen LogP contribution in [-0.4, -0.2) is 60.4 Å². The fourth-order valence-corrected chi connectivity index (χ4v) is 3.98. The summed E-state index contributed by atoms with van der Waals surface area (Å²) in [5.74, 6) is -0.758. The Hall–Kier alpha value is -2.83. The zero-order chi connectivity index (χ0) is 24.1. The number of likely N-dealkylation sites (N-methyl/N-ethyl adjacent to an activating group) is 1. The van der Waals surface area contributed by atoms with Gasteiger partial charge in [-0.05, 0) is 68.9 Å². The molecule has 33 heavy (non-hydrogen) atoms. The number of aliphatic hydroxyl groups is 1. The molecule has 1 N–H and O–H groups in total. The highest BCUT2D eigenvalue weighted by Gasteiger charge is 2.45. The quantitative estimate of drug-likeness (QED) is 0.246. The Kier molecular flexibility index (Phi) is 8.16. The van der Waals surface area contributed by atoms with Crippen LogP contribution in [0.15, 0.2) is 48.0 Å². The Morgan fingerprint density at radius 3 is 2.45 bits per heavy atom. The monoisotopic (exact) mass is 470 g/mol. The number of unbranched alkanes of at least 4 members (excludes halogenated alkanes) is 1. The molecule has 2 aromatic rings. The average molecular weight is 471 g/mol. The van der Waals surface area contributed by atoms with Crippen LogP contribution in [-0.2, 0) is 9.59 Å². The topological polar surface area (TPSA) is 70.1 Å². The molecule has 1 amide bonds. The Morgan fingerprint density at radius 1 is 1.15 bits per heavy atom. The van der Waals surface area contributed by atoms with Crippen molar-refractivity contribution >= 4 is 29.1 Å². The number of benzene rings is 2. The lowest BCUT2D eigenvalue weighted by Gasteiger charge is -2.26.